The van der Waals surface area contributed by atoms with Gasteiger partial charge in [-0.3, -0.25) is 0 Å². The lowest BCUT2D eigenvalue weighted by atomic mass is 10.2. The first-order chi connectivity index (χ1) is 7.83. The molecule has 82 valence electrons. The summed E-state index contributed by atoms with van der Waals surface area (Å²) in [6.45, 7) is 4.76. The summed E-state index contributed by atoms with van der Waals surface area (Å²) >= 11 is 0. The molecule has 16 heavy (non-hydrogen) atoms. The molecular weight excluding hydrogens is 202 g/mol. The van der Waals surface area contributed by atoms with Crippen LogP contribution in [0.2, 0.25) is 0 Å². The minimum atomic E-state index is 0.788. The highest BCUT2D eigenvalue weighted by Gasteiger charge is 2.18. The zero-order chi connectivity index (χ0) is 11.0. The molecule has 0 amide bonds. The number of aryl methyl sites for hydroxylation is 1. The normalized spacial score (nSPS) is 14.9. The van der Waals surface area contributed by atoms with Gasteiger partial charge in [-0.25, -0.2) is 4.98 Å². The van der Waals surface area contributed by atoms with Crippen molar-refractivity contribution in [3.8, 4) is 0 Å². The van der Waals surface area contributed by atoms with Crippen molar-refractivity contribution in [1.29, 1.82) is 0 Å². The largest absolute Gasteiger partial charge is 0.347 e. The lowest BCUT2D eigenvalue weighted by molar-refractivity contribution is 0.556. The summed E-state index contributed by atoms with van der Waals surface area (Å²) in [5.41, 5.74) is 1.23. The Morgan fingerprint density at radius 2 is 2.25 bits per heavy atom. The number of hydrogen-bond donors (Lipinski definition) is 0. The van der Waals surface area contributed by atoms with E-state index in [9.17, 15) is 0 Å². The number of fused-ring (bicyclic) bond motifs is 1. The van der Waals surface area contributed by atoms with Gasteiger partial charge in [0.1, 0.15) is 12.1 Å². The maximum absolute atomic E-state index is 4.39. The van der Waals surface area contributed by atoms with Crippen molar-refractivity contribution >= 4 is 5.82 Å². The Bertz CT molecular complexity index is 505. The van der Waals surface area contributed by atoms with Crippen LogP contribution in [0.1, 0.15) is 11.4 Å². The van der Waals surface area contributed by atoms with Crippen molar-refractivity contribution < 1.29 is 0 Å². The van der Waals surface area contributed by atoms with Crippen molar-refractivity contribution in [2.45, 2.75) is 20.0 Å². The van der Waals surface area contributed by atoms with Crippen molar-refractivity contribution in [2.75, 3.05) is 11.4 Å². The summed E-state index contributed by atoms with van der Waals surface area (Å²) in [5, 5.41) is 8.01. The van der Waals surface area contributed by atoms with Gasteiger partial charge in [0.05, 0.1) is 6.54 Å². The van der Waals surface area contributed by atoms with E-state index in [1.165, 1.54) is 5.56 Å². The Hall–Kier alpha value is -1.91. The highest BCUT2D eigenvalue weighted by molar-refractivity contribution is 5.41. The minimum Gasteiger partial charge on any atom is -0.347 e. The highest BCUT2D eigenvalue weighted by Crippen LogP contribution is 2.17. The first-order valence-corrected chi connectivity index (χ1v) is 5.37. The fourth-order valence-corrected chi connectivity index (χ4v) is 1.96. The van der Waals surface area contributed by atoms with Crippen LogP contribution in [0.3, 0.4) is 0 Å². The van der Waals surface area contributed by atoms with Crippen LogP contribution in [0, 0.1) is 6.92 Å². The lowest BCUT2D eigenvalue weighted by Gasteiger charge is -2.28. The monoisotopic (exact) mass is 215 g/mol. The Kier molecular flexibility index (Phi) is 2.09. The summed E-state index contributed by atoms with van der Waals surface area (Å²) < 4.78 is 2.09. The molecule has 1 aliphatic rings. The molecule has 0 radical (unpaired) electrons. The predicted molar refractivity (Wildman–Crippen MR) is 60.0 cm³/mol. The molecule has 0 atom stereocenters. The van der Waals surface area contributed by atoms with Crippen molar-refractivity contribution in [3.63, 3.8) is 0 Å². The second-order valence-electron chi connectivity index (χ2n) is 4.05. The molecule has 3 rings (SSSR count). The smallest absolute Gasteiger partial charge is 0.152 e. The first kappa shape index (κ1) is 9.33. The fraction of sp³-hybridized carbons (Fsp3) is 0.364. The summed E-state index contributed by atoms with van der Waals surface area (Å²) in [5.74, 6) is 2.03. The number of rotatable bonds is 1. The minimum absolute atomic E-state index is 0.788. The molecular formula is C11H13N5. The van der Waals surface area contributed by atoms with Gasteiger partial charge >= 0.3 is 0 Å². The second-order valence-corrected chi connectivity index (χ2v) is 4.05. The molecule has 5 heteroatoms. The van der Waals surface area contributed by atoms with E-state index in [-0.39, 0.29) is 0 Å². The van der Waals surface area contributed by atoms with Gasteiger partial charge < -0.3 is 9.47 Å². The van der Waals surface area contributed by atoms with Crippen LogP contribution < -0.4 is 4.90 Å². The molecule has 0 fully saturated rings. The molecule has 0 aliphatic carbocycles. The van der Waals surface area contributed by atoms with Crippen LogP contribution in [0.25, 0.3) is 0 Å². The van der Waals surface area contributed by atoms with E-state index in [4.69, 9.17) is 0 Å². The van der Waals surface area contributed by atoms with E-state index in [0.717, 1.165) is 31.3 Å². The Labute approximate surface area is 93.7 Å². The van der Waals surface area contributed by atoms with Crippen LogP contribution >= 0.6 is 0 Å². The number of nitrogens with zero attached hydrogens (tertiary/aromatic N) is 5. The zero-order valence-electron chi connectivity index (χ0n) is 9.17. The topological polar surface area (TPSA) is 46.8 Å². The zero-order valence-corrected chi connectivity index (χ0v) is 9.17. The molecule has 5 nitrogen and oxygen atoms in total. The fourth-order valence-electron chi connectivity index (χ4n) is 1.96. The summed E-state index contributed by atoms with van der Waals surface area (Å²) in [6, 6.07) is 4.11. The van der Waals surface area contributed by atoms with E-state index >= 15 is 0 Å². The van der Waals surface area contributed by atoms with Gasteiger partial charge in [0, 0.05) is 19.3 Å². The molecule has 0 N–H and O–H groups in total. The van der Waals surface area contributed by atoms with Crippen LogP contribution in [0.15, 0.2) is 24.7 Å². The predicted octanol–water partition coefficient (Wildman–Crippen LogP) is 1.00. The number of pyridine rings is 1. The third kappa shape index (κ3) is 1.54. The Balaban J connectivity index is 1.88. The average Bonchev–Trinajstić information content (AvgIpc) is 2.75. The third-order valence-corrected chi connectivity index (χ3v) is 2.86. The molecule has 3 heterocycles. The van der Waals surface area contributed by atoms with E-state index in [1.54, 1.807) is 6.33 Å². The van der Waals surface area contributed by atoms with Gasteiger partial charge in [-0.15, -0.1) is 10.2 Å². The molecule has 0 unspecified atom stereocenters. The third-order valence-electron chi connectivity index (χ3n) is 2.86. The van der Waals surface area contributed by atoms with Gasteiger partial charge in [0.15, 0.2) is 5.82 Å². The SMILES string of the molecule is Cc1ccnc(N2CCn3cnnc3C2)c1. The maximum atomic E-state index is 4.39. The average molecular weight is 215 g/mol. The highest BCUT2D eigenvalue weighted by atomic mass is 15.3. The lowest BCUT2D eigenvalue weighted by Crippen LogP contribution is -2.34. The molecule has 2 aromatic rings. The Morgan fingerprint density at radius 3 is 3.12 bits per heavy atom. The van der Waals surface area contributed by atoms with Crippen LogP contribution in [-0.2, 0) is 13.1 Å². The molecule has 0 bridgehead atoms. The molecule has 1 aliphatic heterocycles. The van der Waals surface area contributed by atoms with Crippen molar-refractivity contribution in [1.82, 2.24) is 19.7 Å². The summed E-state index contributed by atoms with van der Waals surface area (Å²) in [7, 11) is 0. The summed E-state index contributed by atoms with van der Waals surface area (Å²) in [4.78, 5) is 6.62. The van der Waals surface area contributed by atoms with E-state index in [1.807, 2.05) is 12.3 Å². The number of anilines is 1. The molecule has 0 saturated heterocycles. The van der Waals surface area contributed by atoms with E-state index < -0.39 is 0 Å². The van der Waals surface area contributed by atoms with Crippen LogP contribution in [0.5, 0.6) is 0 Å². The van der Waals surface area contributed by atoms with Gasteiger partial charge in [0.25, 0.3) is 0 Å². The van der Waals surface area contributed by atoms with Crippen LogP contribution in [-0.4, -0.2) is 26.3 Å². The maximum Gasteiger partial charge on any atom is 0.152 e. The molecule has 0 spiro atoms. The molecule has 0 saturated carbocycles. The standard InChI is InChI=1S/C11H13N5/c1-9-2-3-12-10(6-9)15-4-5-16-8-13-14-11(16)7-15/h2-3,6,8H,4-5,7H2,1H3. The van der Waals surface area contributed by atoms with Gasteiger partial charge in [-0.2, -0.15) is 0 Å². The molecule has 2 aromatic heterocycles. The summed E-state index contributed by atoms with van der Waals surface area (Å²) in [6.07, 6.45) is 3.64. The first-order valence-electron chi connectivity index (χ1n) is 5.37. The van der Waals surface area contributed by atoms with Crippen LogP contribution in [0.4, 0.5) is 5.82 Å². The Morgan fingerprint density at radius 1 is 1.31 bits per heavy atom. The quantitative estimate of drug-likeness (QED) is 0.712. The van der Waals surface area contributed by atoms with Gasteiger partial charge in [0.2, 0.25) is 0 Å². The number of aromatic nitrogens is 4. The van der Waals surface area contributed by atoms with E-state index in [0.29, 0.717) is 0 Å². The van der Waals surface area contributed by atoms with E-state index in [2.05, 4.69) is 37.6 Å². The number of hydrogen-bond acceptors (Lipinski definition) is 4. The van der Waals surface area contributed by atoms with Crippen molar-refractivity contribution in [2.24, 2.45) is 0 Å². The van der Waals surface area contributed by atoms with Crippen molar-refractivity contribution in [3.05, 3.63) is 36.0 Å². The van der Waals surface area contributed by atoms with Gasteiger partial charge in [-0.05, 0) is 24.6 Å². The second kappa shape index (κ2) is 3.59. The molecule has 0 aromatic carbocycles. The van der Waals surface area contributed by atoms with Gasteiger partial charge in [-0.1, -0.05) is 0 Å².